The Kier molecular flexibility index (Phi) is 13.1. The topological polar surface area (TPSA) is 18.5 Å². The third-order valence-electron chi connectivity index (χ3n) is 4.78. The van der Waals surface area contributed by atoms with Gasteiger partial charge in [-0.1, -0.05) is 12.1 Å². The first kappa shape index (κ1) is 25.7. The van der Waals surface area contributed by atoms with Crippen LogP contribution in [-0.2, 0) is 12.8 Å². The van der Waals surface area contributed by atoms with Gasteiger partial charge in [0.1, 0.15) is 11.5 Å². The van der Waals surface area contributed by atoms with Gasteiger partial charge in [-0.2, -0.15) is 50.5 Å². The van der Waals surface area contributed by atoms with Gasteiger partial charge in [0.25, 0.3) is 0 Å². The summed E-state index contributed by atoms with van der Waals surface area (Å²) in [6, 6.07) is 13.0. The van der Waals surface area contributed by atoms with Gasteiger partial charge in [0.05, 0.1) is 13.2 Å². The monoisotopic (exact) mass is 482 g/mol. The molecule has 0 saturated carbocycles. The Bertz CT molecular complexity index is 688. The Morgan fingerprint density at radius 2 is 0.933 bits per heavy atom. The zero-order valence-corrected chi connectivity index (χ0v) is 21.1. The smallest absolute Gasteiger partial charge is 0.122 e. The van der Waals surface area contributed by atoms with Gasteiger partial charge in [0, 0.05) is 0 Å². The van der Waals surface area contributed by atoms with Crippen LogP contribution in [-0.4, -0.2) is 36.2 Å². The second-order valence-corrected chi connectivity index (χ2v) is 8.94. The van der Waals surface area contributed by atoms with E-state index in [1.54, 1.807) is 0 Å². The van der Waals surface area contributed by atoms with Crippen molar-refractivity contribution in [3.8, 4) is 22.6 Å². The summed E-state index contributed by atoms with van der Waals surface area (Å²) in [6.07, 6.45) is 5.87. The molecule has 6 heteroatoms. The molecule has 30 heavy (non-hydrogen) atoms. The van der Waals surface area contributed by atoms with Crippen molar-refractivity contribution in [1.29, 1.82) is 0 Å². The fraction of sp³-hybridized carbons (Fsp3) is 0.500. The molecule has 0 aliphatic carbocycles. The molecular formula is C24H34O2S4. The van der Waals surface area contributed by atoms with Crippen LogP contribution in [0.4, 0.5) is 0 Å². The lowest BCUT2D eigenvalue weighted by molar-refractivity contribution is 0.315. The van der Waals surface area contributed by atoms with Crippen LogP contribution < -0.4 is 9.47 Å². The molecule has 0 heterocycles. The molecular weight excluding hydrogens is 449 g/mol. The second kappa shape index (κ2) is 15.3. The molecule has 0 fully saturated rings. The van der Waals surface area contributed by atoms with Crippen molar-refractivity contribution in [2.24, 2.45) is 0 Å². The first-order valence-corrected chi connectivity index (χ1v) is 13.2. The minimum atomic E-state index is 0.697. The van der Waals surface area contributed by atoms with Crippen molar-refractivity contribution in [2.75, 3.05) is 36.2 Å². The highest BCUT2D eigenvalue weighted by Crippen LogP contribution is 2.32. The van der Waals surface area contributed by atoms with Gasteiger partial charge in [-0.25, -0.2) is 0 Å². The van der Waals surface area contributed by atoms with E-state index in [1.165, 1.54) is 22.3 Å². The zero-order chi connectivity index (χ0) is 21.6. The van der Waals surface area contributed by atoms with Crippen molar-refractivity contribution in [3.05, 3.63) is 47.5 Å². The highest BCUT2D eigenvalue weighted by atomic mass is 32.1. The van der Waals surface area contributed by atoms with E-state index in [9.17, 15) is 0 Å². The number of aryl methyl sites for hydroxylation is 2. The molecule has 2 aromatic rings. The highest BCUT2D eigenvalue weighted by Gasteiger charge is 2.10. The van der Waals surface area contributed by atoms with Gasteiger partial charge in [-0.3, -0.25) is 0 Å². The molecule has 0 aliphatic heterocycles. The molecule has 0 aliphatic rings. The molecule has 2 rings (SSSR count). The van der Waals surface area contributed by atoms with Crippen LogP contribution in [0.5, 0.6) is 11.5 Å². The highest BCUT2D eigenvalue weighted by molar-refractivity contribution is 7.80. The summed E-state index contributed by atoms with van der Waals surface area (Å²) < 4.78 is 12.0. The third-order valence-corrected chi connectivity index (χ3v) is 6.05. The average Bonchev–Trinajstić information content (AvgIpc) is 2.77. The molecule has 0 N–H and O–H groups in total. The lowest BCUT2D eigenvalue weighted by Crippen LogP contribution is -2.02. The van der Waals surface area contributed by atoms with E-state index in [1.807, 2.05) is 0 Å². The predicted molar refractivity (Wildman–Crippen MR) is 144 cm³/mol. The van der Waals surface area contributed by atoms with Crippen molar-refractivity contribution in [1.82, 2.24) is 0 Å². The first-order valence-electron chi connectivity index (χ1n) is 10.7. The summed E-state index contributed by atoms with van der Waals surface area (Å²) in [5, 5.41) is 0. The summed E-state index contributed by atoms with van der Waals surface area (Å²) in [6.45, 7) is 1.39. The Hall–Kier alpha value is -0.560. The van der Waals surface area contributed by atoms with Gasteiger partial charge in [-0.15, -0.1) is 0 Å². The molecule has 0 saturated heterocycles. The van der Waals surface area contributed by atoms with Gasteiger partial charge in [0.15, 0.2) is 0 Å². The third kappa shape index (κ3) is 8.52. The normalized spacial score (nSPS) is 10.9. The van der Waals surface area contributed by atoms with E-state index in [4.69, 9.17) is 9.47 Å². The maximum atomic E-state index is 6.01. The van der Waals surface area contributed by atoms with Crippen molar-refractivity contribution < 1.29 is 9.47 Å². The lowest BCUT2D eigenvalue weighted by Gasteiger charge is -2.15. The van der Waals surface area contributed by atoms with E-state index >= 15 is 0 Å². The predicted octanol–water partition coefficient (Wildman–Crippen LogP) is 6.48. The van der Waals surface area contributed by atoms with Crippen LogP contribution in [0.15, 0.2) is 36.4 Å². The lowest BCUT2D eigenvalue weighted by atomic mass is 9.97. The molecule has 0 unspecified atom stereocenters. The van der Waals surface area contributed by atoms with Crippen molar-refractivity contribution in [3.63, 3.8) is 0 Å². The maximum absolute atomic E-state index is 6.01. The largest absolute Gasteiger partial charge is 0.493 e. The molecule has 2 aromatic carbocycles. The summed E-state index contributed by atoms with van der Waals surface area (Å²) in [4.78, 5) is 0. The molecule has 0 bridgehead atoms. The van der Waals surface area contributed by atoms with Gasteiger partial charge in [0.2, 0.25) is 0 Å². The number of thiol groups is 4. The number of hydrogen-bond donors (Lipinski definition) is 4. The van der Waals surface area contributed by atoms with E-state index in [0.717, 1.165) is 73.0 Å². The summed E-state index contributed by atoms with van der Waals surface area (Å²) in [5.74, 6) is 5.36. The molecule has 0 radical (unpaired) electrons. The van der Waals surface area contributed by atoms with E-state index < -0.39 is 0 Å². The van der Waals surface area contributed by atoms with Crippen molar-refractivity contribution >= 4 is 50.5 Å². The van der Waals surface area contributed by atoms with Crippen LogP contribution in [0.1, 0.15) is 36.8 Å². The minimum absolute atomic E-state index is 0.697. The summed E-state index contributed by atoms with van der Waals surface area (Å²) in [7, 11) is 0. The molecule has 0 atom stereocenters. The molecule has 166 valence electrons. The molecule has 0 spiro atoms. The number of ether oxygens (including phenoxy) is 2. The first-order chi connectivity index (χ1) is 14.7. The number of benzene rings is 2. The molecule has 2 nitrogen and oxygen atoms in total. The van der Waals surface area contributed by atoms with Crippen molar-refractivity contribution in [2.45, 2.75) is 38.5 Å². The van der Waals surface area contributed by atoms with Gasteiger partial charge in [-0.05, 0) is 108 Å². The fourth-order valence-electron chi connectivity index (χ4n) is 3.22. The average molecular weight is 483 g/mol. The van der Waals surface area contributed by atoms with Crippen LogP contribution in [0.3, 0.4) is 0 Å². The maximum Gasteiger partial charge on any atom is 0.122 e. The molecule has 0 aromatic heterocycles. The van der Waals surface area contributed by atoms with Crippen LogP contribution >= 0.6 is 50.5 Å². The summed E-state index contributed by atoms with van der Waals surface area (Å²) >= 11 is 17.3. The summed E-state index contributed by atoms with van der Waals surface area (Å²) in [5.41, 5.74) is 4.90. The van der Waals surface area contributed by atoms with E-state index in [0.29, 0.717) is 13.2 Å². The number of hydrogen-bond acceptors (Lipinski definition) is 6. The van der Waals surface area contributed by atoms with Crippen LogP contribution in [0.25, 0.3) is 11.1 Å². The van der Waals surface area contributed by atoms with Gasteiger partial charge >= 0.3 is 0 Å². The SMILES string of the molecule is SCCCOc1ccc(-c2ccc(OCCCS)c(CCCS)c2)cc1CCCS. The molecule has 0 amide bonds. The Morgan fingerprint density at radius 3 is 1.30 bits per heavy atom. The zero-order valence-electron chi connectivity index (χ0n) is 17.6. The van der Waals surface area contributed by atoms with E-state index in [-0.39, 0.29) is 0 Å². The van der Waals surface area contributed by atoms with Gasteiger partial charge < -0.3 is 9.47 Å². The van der Waals surface area contributed by atoms with E-state index in [2.05, 4.69) is 86.9 Å². The quantitative estimate of drug-likeness (QED) is 0.172. The Labute approximate surface area is 204 Å². The Morgan fingerprint density at radius 1 is 0.533 bits per heavy atom. The van der Waals surface area contributed by atoms with Crippen LogP contribution in [0.2, 0.25) is 0 Å². The Balaban J connectivity index is 2.28. The fourth-order valence-corrected chi connectivity index (χ4v) is 3.80. The second-order valence-electron chi connectivity index (χ2n) is 7.15. The van der Waals surface area contributed by atoms with Crippen LogP contribution in [0, 0.1) is 0 Å². The minimum Gasteiger partial charge on any atom is -0.493 e. The standard InChI is InChI=1S/C24H34O2S4/c27-13-1-5-21-17-19(7-9-23(21)25-11-3-15-29)20-8-10-24(26-12-4-16-30)22(18-20)6-2-14-28/h7-10,17-18,27-30H,1-6,11-16H2. The number of rotatable bonds is 15.